The number of nitrogens with two attached hydrogens (primary N) is 1. The van der Waals surface area contributed by atoms with Crippen LogP contribution in [-0.4, -0.2) is 49.3 Å². The van der Waals surface area contributed by atoms with Gasteiger partial charge in [0, 0.05) is 19.4 Å². The van der Waals surface area contributed by atoms with Crippen LogP contribution in [0.15, 0.2) is 85.1 Å². The standard InChI is InChI=1S/C45H76NO8P/c1-3-5-7-9-11-13-15-17-19-20-21-22-24-26-28-30-32-34-36-38-45(48)54-43(42-53-55(49,50)52-40-39-46)41-51-44(47)37-35-33-31-29-27-25-23-18-16-14-12-10-8-6-4-2/h5,7,11,13-14,16-19,21-23,26,28,43H,3-4,6,8-10,12,15,20,24-25,27,29-42,46H2,1-2H3,(H,49,50)/b7-5+,13-11+,16-14+,19-17+,22-21+,23-18+,28-26+/t43-/m1/s1. The minimum absolute atomic E-state index is 0.0406. The van der Waals surface area contributed by atoms with Crippen molar-refractivity contribution < 1.29 is 37.6 Å². The molecule has 314 valence electrons. The molecule has 0 aliphatic rings. The van der Waals surface area contributed by atoms with Crippen molar-refractivity contribution in [2.45, 2.75) is 161 Å². The molecule has 0 aromatic heterocycles. The molecule has 3 N–H and O–H groups in total. The molecule has 0 aliphatic heterocycles. The minimum Gasteiger partial charge on any atom is -0.462 e. The Morgan fingerprint density at radius 2 is 1.05 bits per heavy atom. The van der Waals surface area contributed by atoms with Gasteiger partial charge in [0.2, 0.25) is 0 Å². The van der Waals surface area contributed by atoms with Crippen molar-refractivity contribution in [3.63, 3.8) is 0 Å². The van der Waals surface area contributed by atoms with Gasteiger partial charge in [-0.15, -0.1) is 0 Å². The van der Waals surface area contributed by atoms with E-state index >= 15 is 0 Å². The van der Waals surface area contributed by atoms with Crippen LogP contribution in [0.5, 0.6) is 0 Å². The summed E-state index contributed by atoms with van der Waals surface area (Å²) in [6, 6.07) is 0. The van der Waals surface area contributed by atoms with E-state index in [0.717, 1.165) is 89.9 Å². The Kier molecular flexibility index (Phi) is 38.8. The van der Waals surface area contributed by atoms with E-state index in [0.29, 0.717) is 12.8 Å². The predicted octanol–water partition coefficient (Wildman–Crippen LogP) is 12.0. The normalized spacial score (nSPS) is 14.2. The molecule has 9 nitrogen and oxygen atoms in total. The summed E-state index contributed by atoms with van der Waals surface area (Å²) >= 11 is 0. The molecule has 0 rings (SSSR count). The maximum absolute atomic E-state index is 12.6. The van der Waals surface area contributed by atoms with Gasteiger partial charge in [0.25, 0.3) is 0 Å². The third kappa shape index (κ3) is 40.7. The van der Waals surface area contributed by atoms with Crippen LogP contribution in [0.4, 0.5) is 0 Å². The molecule has 0 bridgehead atoms. The smallest absolute Gasteiger partial charge is 0.462 e. The fourth-order valence-electron chi connectivity index (χ4n) is 5.18. The van der Waals surface area contributed by atoms with Crippen LogP contribution in [0.25, 0.3) is 0 Å². The van der Waals surface area contributed by atoms with E-state index in [1.165, 1.54) is 25.7 Å². The zero-order valence-electron chi connectivity index (χ0n) is 34.4. The average molecular weight is 790 g/mol. The first-order valence-electron chi connectivity index (χ1n) is 21.1. The van der Waals surface area contributed by atoms with Crippen LogP contribution in [-0.2, 0) is 32.7 Å². The molecular weight excluding hydrogens is 713 g/mol. The third-order valence-corrected chi connectivity index (χ3v) is 9.28. The quantitative estimate of drug-likeness (QED) is 0.0206. The second-order valence-electron chi connectivity index (χ2n) is 13.5. The van der Waals surface area contributed by atoms with Crippen molar-refractivity contribution in [2.24, 2.45) is 5.73 Å². The first kappa shape index (κ1) is 52.2. The first-order chi connectivity index (χ1) is 26.8. The van der Waals surface area contributed by atoms with E-state index in [4.69, 9.17) is 24.3 Å². The number of carbonyl (C=O) groups is 2. The molecule has 10 heteroatoms. The van der Waals surface area contributed by atoms with Gasteiger partial charge in [-0.2, -0.15) is 0 Å². The lowest BCUT2D eigenvalue weighted by Crippen LogP contribution is -2.29. The predicted molar refractivity (Wildman–Crippen MR) is 229 cm³/mol. The molecule has 0 aliphatic carbocycles. The Hall–Kier alpha value is -2.81. The molecule has 2 atom stereocenters. The Balaban J connectivity index is 4.29. The van der Waals surface area contributed by atoms with Crippen LogP contribution in [0.3, 0.4) is 0 Å². The molecule has 1 unspecified atom stereocenters. The van der Waals surface area contributed by atoms with Crippen LogP contribution in [0, 0.1) is 0 Å². The number of ether oxygens (including phenoxy) is 2. The minimum atomic E-state index is -4.39. The fourth-order valence-corrected chi connectivity index (χ4v) is 5.94. The molecule has 0 saturated heterocycles. The number of hydrogen-bond donors (Lipinski definition) is 2. The van der Waals surface area contributed by atoms with E-state index < -0.39 is 32.5 Å². The number of esters is 2. The van der Waals surface area contributed by atoms with Crippen molar-refractivity contribution in [2.75, 3.05) is 26.4 Å². The molecule has 0 fully saturated rings. The Morgan fingerprint density at radius 3 is 1.62 bits per heavy atom. The summed E-state index contributed by atoms with van der Waals surface area (Å²) in [7, 11) is -4.39. The van der Waals surface area contributed by atoms with Crippen molar-refractivity contribution in [1.29, 1.82) is 0 Å². The van der Waals surface area contributed by atoms with Gasteiger partial charge < -0.3 is 20.1 Å². The van der Waals surface area contributed by atoms with Gasteiger partial charge in [-0.25, -0.2) is 4.57 Å². The van der Waals surface area contributed by atoms with E-state index in [1.807, 2.05) is 0 Å². The lowest BCUT2D eigenvalue weighted by Gasteiger charge is -2.19. The third-order valence-electron chi connectivity index (χ3n) is 8.29. The van der Waals surface area contributed by atoms with Crippen LogP contribution < -0.4 is 5.73 Å². The van der Waals surface area contributed by atoms with Crippen molar-refractivity contribution in [3.8, 4) is 0 Å². The number of carbonyl (C=O) groups excluding carboxylic acids is 2. The number of unbranched alkanes of at least 4 members (excludes halogenated alkanes) is 12. The molecule has 0 aromatic rings. The van der Waals surface area contributed by atoms with E-state index in [2.05, 4.69) is 98.9 Å². The maximum Gasteiger partial charge on any atom is 0.472 e. The number of phosphoric ester groups is 1. The van der Waals surface area contributed by atoms with Crippen molar-refractivity contribution >= 4 is 19.8 Å². The van der Waals surface area contributed by atoms with Crippen molar-refractivity contribution in [3.05, 3.63) is 85.1 Å². The second kappa shape index (κ2) is 40.8. The zero-order chi connectivity index (χ0) is 40.3. The Bertz CT molecular complexity index is 1170. The lowest BCUT2D eigenvalue weighted by atomic mass is 10.1. The van der Waals surface area contributed by atoms with Gasteiger partial charge >= 0.3 is 19.8 Å². The lowest BCUT2D eigenvalue weighted by molar-refractivity contribution is -0.161. The van der Waals surface area contributed by atoms with E-state index in [-0.39, 0.29) is 32.6 Å². The van der Waals surface area contributed by atoms with E-state index in [1.54, 1.807) is 0 Å². The second-order valence-corrected chi connectivity index (χ2v) is 15.0. The fraction of sp³-hybridized carbons (Fsp3) is 0.644. The van der Waals surface area contributed by atoms with Gasteiger partial charge in [-0.05, 0) is 83.5 Å². The molecule has 0 aromatic carbocycles. The highest BCUT2D eigenvalue weighted by Crippen LogP contribution is 2.43. The SMILES string of the molecule is CC/C=C/C/C=C/C/C=C/C/C=C/C/C=C/CCCCCC(=O)O[C@H](COC(=O)CCCCCCC/C=C/C=C/CCCCCC)COP(=O)(O)OCCN. The molecule has 0 spiro atoms. The van der Waals surface area contributed by atoms with Gasteiger partial charge in [0.15, 0.2) is 6.10 Å². The monoisotopic (exact) mass is 790 g/mol. The summed E-state index contributed by atoms with van der Waals surface area (Å²) < 4.78 is 32.7. The zero-order valence-corrected chi connectivity index (χ0v) is 35.3. The van der Waals surface area contributed by atoms with Crippen LogP contribution in [0.2, 0.25) is 0 Å². The highest BCUT2D eigenvalue weighted by atomic mass is 31.2. The summed E-state index contributed by atoms with van der Waals surface area (Å²) in [6.07, 6.45) is 50.4. The number of rotatable bonds is 38. The summed E-state index contributed by atoms with van der Waals surface area (Å²) in [5.74, 6) is -0.893. The average Bonchev–Trinajstić information content (AvgIpc) is 3.17. The summed E-state index contributed by atoms with van der Waals surface area (Å²) in [6.45, 7) is 3.51. The molecular formula is C45H76NO8P. The summed E-state index contributed by atoms with van der Waals surface area (Å²) in [5.41, 5.74) is 5.34. The van der Waals surface area contributed by atoms with Crippen molar-refractivity contribution in [1.82, 2.24) is 0 Å². The van der Waals surface area contributed by atoms with Crippen LogP contribution >= 0.6 is 7.82 Å². The molecule has 55 heavy (non-hydrogen) atoms. The summed E-state index contributed by atoms with van der Waals surface area (Å²) in [4.78, 5) is 34.8. The molecule has 0 heterocycles. The van der Waals surface area contributed by atoms with Gasteiger partial charge in [0.05, 0.1) is 13.2 Å². The molecule has 0 saturated carbocycles. The number of hydrogen-bond acceptors (Lipinski definition) is 8. The first-order valence-corrected chi connectivity index (χ1v) is 22.6. The Morgan fingerprint density at radius 1 is 0.582 bits per heavy atom. The van der Waals surface area contributed by atoms with Gasteiger partial charge in [-0.1, -0.05) is 144 Å². The highest BCUT2D eigenvalue weighted by molar-refractivity contribution is 7.47. The Labute approximate surface area is 334 Å². The summed E-state index contributed by atoms with van der Waals surface area (Å²) in [5, 5.41) is 0. The highest BCUT2D eigenvalue weighted by Gasteiger charge is 2.25. The topological polar surface area (TPSA) is 134 Å². The van der Waals surface area contributed by atoms with Gasteiger partial charge in [0.1, 0.15) is 6.61 Å². The van der Waals surface area contributed by atoms with Gasteiger partial charge in [-0.3, -0.25) is 18.6 Å². The van der Waals surface area contributed by atoms with E-state index in [9.17, 15) is 19.0 Å². The van der Waals surface area contributed by atoms with Crippen LogP contribution in [0.1, 0.15) is 155 Å². The number of allylic oxidation sites excluding steroid dienone is 14. The largest absolute Gasteiger partial charge is 0.472 e. The molecule has 0 radical (unpaired) electrons. The number of phosphoric acid groups is 1. The maximum atomic E-state index is 12.6. The molecule has 0 amide bonds.